The predicted octanol–water partition coefficient (Wildman–Crippen LogP) is 4.12. The third-order valence-electron chi connectivity index (χ3n) is 2.74. The summed E-state index contributed by atoms with van der Waals surface area (Å²) in [5.74, 6) is -0.581. The minimum absolute atomic E-state index is 0.0595. The molecule has 1 heterocycles. The van der Waals surface area contributed by atoms with Gasteiger partial charge in [0.1, 0.15) is 5.69 Å². The molecule has 2 rings (SSSR count). The topological polar surface area (TPSA) is 37.8 Å². The van der Waals surface area contributed by atoms with Gasteiger partial charge in [-0.25, -0.2) is 14.4 Å². The van der Waals surface area contributed by atoms with Gasteiger partial charge in [-0.3, -0.25) is 0 Å². The van der Waals surface area contributed by atoms with E-state index in [0.29, 0.717) is 6.54 Å². The Kier molecular flexibility index (Phi) is 4.40. The molecule has 21 heavy (non-hydrogen) atoms. The molecule has 0 saturated carbocycles. The van der Waals surface area contributed by atoms with Gasteiger partial charge in [0.15, 0.2) is 5.82 Å². The maximum Gasteiger partial charge on any atom is 0.416 e. The van der Waals surface area contributed by atoms with Crippen molar-refractivity contribution in [2.45, 2.75) is 19.5 Å². The molecule has 0 radical (unpaired) electrons. The number of hydrogen-bond acceptors (Lipinski definition) is 3. The van der Waals surface area contributed by atoms with Crippen LogP contribution in [-0.4, -0.2) is 16.5 Å². The lowest BCUT2D eigenvalue weighted by molar-refractivity contribution is -0.137. The van der Waals surface area contributed by atoms with Crippen LogP contribution in [-0.2, 0) is 6.18 Å². The largest absolute Gasteiger partial charge is 0.416 e. The van der Waals surface area contributed by atoms with Crippen molar-refractivity contribution in [3.63, 3.8) is 0 Å². The lowest BCUT2D eigenvalue weighted by atomic mass is 10.1. The highest BCUT2D eigenvalue weighted by Gasteiger charge is 2.30. The number of rotatable bonds is 4. The van der Waals surface area contributed by atoms with Gasteiger partial charge in [0.05, 0.1) is 11.8 Å². The lowest BCUT2D eigenvalue weighted by Gasteiger charge is -2.10. The average Bonchev–Trinajstić information content (AvgIpc) is 2.45. The maximum absolute atomic E-state index is 13.8. The highest BCUT2D eigenvalue weighted by Crippen LogP contribution is 2.32. The van der Waals surface area contributed by atoms with Crippen molar-refractivity contribution in [1.82, 2.24) is 9.97 Å². The summed E-state index contributed by atoms with van der Waals surface area (Å²) in [6, 6.07) is 4.40. The molecule has 0 amide bonds. The minimum atomic E-state index is -4.48. The van der Waals surface area contributed by atoms with Crippen LogP contribution in [0.25, 0.3) is 11.3 Å². The van der Waals surface area contributed by atoms with Crippen molar-refractivity contribution in [3.05, 3.63) is 41.8 Å². The summed E-state index contributed by atoms with van der Waals surface area (Å²) in [7, 11) is 0. The van der Waals surface area contributed by atoms with Crippen molar-refractivity contribution in [2.24, 2.45) is 0 Å². The van der Waals surface area contributed by atoms with Gasteiger partial charge >= 0.3 is 6.18 Å². The Bertz CT molecular complexity index is 626. The van der Waals surface area contributed by atoms with E-state index in [1.807, 2.05) is 6.92 Å². The molecule has 3 nitrogen and oxygen atoms in total. The first-order valence-electron chi connectivity index (χ1n) is 6.36. The number of halogens is 4. The van der Waals surface area contributed by atoms with Gasteiger partial charge in [-0.1, -0.05) is 19.1 Å². The molecule has 0 aliphatic heterocycles. The third-order valence-corrected chi connectivity index (χ3v) is 2.74. The quantitative estimate of drug-likeness (QED) is 0.863. The first kappa shape index (κ1) is 15.2. The fraction of sp³-hybridized carbons (Fsp3) is 0.286. The summed E-state index contributed by atoms with van der Waals surface area (Å²) < 4.78 is 51.8. The van der Waals surface area contributed by atoms with Crippen molar-refractivity contribution in [3.8, 4) is 11.3 Å². The molecule has 0 atom stereocenters. The molecule has 0 unspecified atom stereocenters. The van der Waals surface area contributed by atoms with Crippen molar-refractivity contribution >= 4 is 5.95 Å². The summed E-state index contributed by atoms with van der Waals surface area (Å²) in [6.07, 6.45) is -2.72. The smallest absolute Gasteiger partial charge is 0.354 e. The number of hydrogen-bond donors (Lipinski definition) is 1. The second-order valence-electron chi connectivity index (χ2n) is 4.40. The Morgan fingerprint density at radius 2 is 2.00 bits per heavy atom. The molecule has 0 fully saturated rings. The van der Waals surface area contributed by atoms with Gasteiger partial charge in [-0.15, -0.1) is 0 Å². The molecular weight excluding hydrogens is 286 g/mol. The van der Waals surface area contributed by atoms with Crippen molar-refractivity contribution in [1.29, 1.82) is 0 Å². The molecule has 112 valence electrons. The number of anilines is 1. The second-order valence-corrected chi connectivity index (χ2v) is 4.40. The predicted molar refractivity (Wildman–Crippen MR) is 71.2 cm³/mol. The Balaban J connectivity index is 2.41. The third kappa shape index (κ3) is 3.68. The molecule has 0 aliphatic carbocycles. The molecule has 1 aromatic heterocycles. The Morgan fingerprint density at radius 1 is 1.24 bits per heavy atom. The average molecular weight is 299 g/mol. The van der Waals surface area contributed by atoms with Crippen LogP contribution in [0.4, 0.5) is 23.5 Å². The van der Waals surface area contributed by atoms with E-state index >= 15 is 0 Å². The van der Waals surface area contributed by atoms with Crippen molar-refractivity contribution < 1.29 is 17.6 Å². The van der Waals surface area contributed by atoms with E-state index in [4.69, 9.17) is 0 Å². The Labute approximate surface area is 119 Å². The van der Waals surface area contributed by atoms with E-state index in [2.05, 4.69) is 15.3 Å². The second kappa shape index (κ2) is 6.07. The van der Waals surface area contributed by atoms with Gasteiger partial charge in [0, 0.05) is 12.1 Å². The monoisotopic (exact) mass is 299 g/mol. The summed E-state index contributed by atoms with van der Waals surface area (Å²) in [4.78, 5) is 7.69. The van der Waals surface area contributed by atoms with Crippen LogP contribution in [0.3, 0.4) is 0 Å². The highest BCUT2D eigenvalue weighted by atomic mass is 19.4. The van der Waals surface area contributed by atoms with Crippen LogP contribution >= 0.6 is 0 Å². The van der Waals surface area contributed by atoms with Crippen LogP contribution in [0.15, 0.2) is 30.5 Å². The minimum Gasteiger partial charge on any atom is -0.354 e. The summed E-state index contributed by atoms with van der Waals surface area (Å²) in [5.41, 5.74) is -0.944. The van der Waals surface area contributed by atoms with Crippen LogP contribution in [0.5, 0.6) is 0 Å². The number of aromatic nitrogens is 2. The zero-order chi connectivity index (χ0) is 15.5. The molecule has 0 spiro atoms. The highest BCUT2D eigenvalue weighted by molar-refractivity contribution is 5.61. The van der Waals surface area contributed by atoms with Crippen LogP contribution in [0.1, 0.15) is 18.9 Å². The van der Waals surface area contributed by atoms with Gasteiger partial charge < -0.3 is 5.32 Å². The van der Waals surface area contributed by atoms with Crippen LogP contribution in [0, 0.1) is 5.82 Å². The van der Waals surface area contributed by atoms with Gasteiger partial charge in [-0.2, -0.15) is 13.2 Å². The fourth-order valence-electron chi connectivity index (χ4n) is 1.73. The molecule has 1 aromatic carbocycles. The molecule has 7 heteroatoms. The molecule has 0 bridgehead atoms. The fourth-order valence-corrected chi connectivity index (χ4v) is 1.73. The lowest BCUT2D eigenvalue weighted by Crippen LogP contribution is -2.07. The van der Waals surface area contributed by atoms with E-state index in [9.17, 15) is 17.6 Å². The van der Waals surface area contributed by atoms with E-state index in [0.717, 1.165) is 24.8 Å². The first-order chi connectivity index (χ1) is 9.91. The standard InChI is InChI=1S/C14H13F4N3/c1-2-6-19-13-20-8-11(15)12(21-13)9-4-3-5-10(7-9)14(16,17)18/h3-5,7-8H,2,6H2,1H3,(H,19,20,21). The SMILES string of the molecule is CCCNc1ncc(F)c(-c2cccc(C(F)(F)F)c2)n1. The number of alkyl halides is 3. The Hall–Kier alpha value is -2.18. The Morgan fingerprint density at radius 3 is 2.67 bits per heavy atom. The number of benzene rings is 1. The van der Waals surface area contributed by atoms with Crippen LogP contribution in [0.2, 0.25) is 0 Å². The molecule has 0 saturated heterocycles. The van der Waals surface area contributed by atoms with Gasteiger partial charge in [-0.05, 0) is 18.6 Å². The van der Waals surface area contributed by atoms with Crippen LogP contribution < -0.4 is 5.32 Å². The van der Waals surface area contributed by atoms with Crippen molar-refractivity contribution in [2.75, 3.05) is 11.9 Å². The molecule has 1 N–H and O–H groups in total. The van der Waals surface area contributed by atoms with E-state index < -0.39 is 17.6 Å². The maximum atomic E-state index is 13.8. The van der Waals surface area contributed by atoms with Gasteiger partial charge in [0.25, 0.3) is 0 Å². The first-order valence-corrected chi connectivity index (χ1v) is 6.36. The van der Waals surface area contributed by atoms with E-state index in [1.54, 1.807) is 0 Å². The molecular formula is C14H13F4N3. The summed E-state index contributed by atoms with van der Waals surface area (Å²) in [5, 5.41) is 2.87. The van der Waals surface area contributed by atoms with E-state index in [1.165, 1.54) is 12.1 Å². The van der Waals surface area contributed by atoms with Gasteiger partial charge in [0.2, 0.25) is 5.95 Å². The normalized spacial score (nSPS) is 11.5. The molecule has 0 aliphatic rings. The number of nitrogens with zero attached hydrogens (tertiary/aromatic N) is 2. The summed E-state index contributed by atoms with van der Waals surface area (Å²) in [6.45, 7) is 2.53. The van der Waals surface area contributed by atoms with E-state index in [-0.39, 0.29) is 17.2 Å². The number of nitrogens with one attached hydrogen (secondary N) is 1. The zero-order valence-corrected chi connectivity index (χ0v) is 11.2. The summed E-state index contributed by atoms with van der Waals surface area (Å²) >= 11 is 0. The molecule has 2 aromatic rings. The zero-order valence-electron chi connectivity index (χ0n) is 11.2.